The molecule has 2 fully saturated rings. The van der Waals surface area contributed by atoms with Gasteiger partial charge in [0.15, 0.2) is 5.82 Å². The van der Waals surface area contributed by atoms with Gasteiger partial charge >= 0.3 is 6.03 Å². The third kappa shape index (κ3) is 3.49. The van der Waals surface area contributed by atoms with Gasteiger partial charge in [-0.05, 0) is 56.0 Å². The van der Waals surface area contributed by atoms with Gasteiger partial charge in [-0.15, -0.1) is 5.10 Å². The van der Waals surface area contributed by atoms with Crippen molar-refractivity contribution in [2.45, 2.75) is 32.6 Å². The van der Waals surface area contributed by atoms with Gasteiger partial charge in [-0.25, -0.2) is 4.79 Å². The average Bonchev–Trinajstić information content (AvgIpc) is 3.50. The van der Waals surface area contributed by atoms with Crippen LogP contribution in [0.15, 0.2) is 30.3 Å². The van der Waals surface area contributed by atoms with Gasteiger partial charge in [0, 0.05) is 37.8 Å². The zero-order chi connectivity index (χ0) is 18.1. The molecule has 1 aromatic heterocycles. The highest BCUT2D eigenvalue weighted by molar-refractivity contribution is 5.88. The zero-order valence-corrected chi connectivity index (χ0v) is 15.4. The number of piperazine rings is 1. The molecule has 4 rings (SSSR count). The lowest BCUT2D eigenvalue weighted by Crippen LogP contribution is -2.50. The summed E-state index contributed by atoms with van der Waals surface area (Å²) in [6, 6.07) is 10.1. The highest BCUT2D eigenvalue weighted by atomic mass is 16.2. The van der Waals surface area contributed by atoms with Crippen LogP contribution in [-0.4, -0.2) is 47.3 Å². The average molecular weight is 351 g/mol. The second-order valence-corrected chi connectivity index (χ2v) is 7.24. The van der Waals surface area contributed by atoms with Crippen molar-refractivity contribution in [2.24, 2.45) is 0 Å². The maximum atomic E-state index is 12.5. The van der Waals surface area contributed by atoms with Crippen LogP contribution in [0.1, 0.15) is 35.6 Å². The highest BCUT2D eigenvalue weighted by Gasteiger charge is 2.26. The maximum absolute atomic E-state index is 12.5. The van der Waals surface area contributed by atoms with E-state index in [0.717, 1.165) is 18.8 Å². The lowest BCUT2D eigenvalue weighted by Gasteiger charge is -2.36. The molecule has 1 saturated heterocycles. The number of anilines is 2. The summed E-state index contributed by atoms with van der Waals surface area (Å²) in [6.07, 6.45) is 2.40. The molecule has 2 amide bonds. The Morgan fingerprint density at radius 1 is 1.04 bits per heavy atom. The summed E-state index contributed by atoms with van der Waals surface area (Å²) in [5.41, 5.74) is 4.92. The smallest absolute Gasteiger partial charge is 0.323 e. The molecule has 1 N–H and O–H groups in total. The van der Waals surface area contributed by atoms with Crippen LogP contribution in [0.5, 0.6) is 0 Å². The number of nitrogens with zero attached hydrogens (tertiary/aromatic N) is 4. The fourth-order valence-corrected chi connectivity index (χ4v) is 3.42. The molecule has 0 atom stereocenters. The Morgan fingerprint density at radius 3 is 2.46 bits per heavy atom. The molecule has 0 spiro atoms. The number of rotatable bonds is 3. The molecule has 1 aliphatic heterocycles. The van der Waals surface area contributed by atoms with E-state index in [1.807, 2.05) is 17.0 Å². The molecular weight excluding hydrogens is 326 g/mol. The Hall–Kier alpha value is -2.63. The molecular formula is C20H25N5O. The number of carbonyl (C=O) groups excluding carboxylic acids is 1. The number of hydrogen-bond donors (Lipinski definition) is 1. The SMILES string of the molecule is Cc1cccc(N2CCN(C(=O)Nc3ccc(C4CC4)nn3)CC2)c1C. The molecule has 1 aromatic carbocycles. The van der Waals surface area contributed by atoms with Crippen LogP contribution in [0.3, 0.4) is 0 Å². The molecule has 26 heavy (non-hydrogen) atoms. The number of hydrogen-bond acceptors (Lipinski definition) is 4. The number of aryl methyl sites for hydroxylation is 1. The number of carbonyl (C=O) groups is 1. The van der Waals surface area contributed by atoms with Gasteiger partial charge in [-0.1, -0.05) is 12.1 Å². The van der Waals surface area contributed by atoms with E-state index in [1.165, 1.54) is 29.7 Å². The number of urea groups is 1. The van der Waals surface area contributed by atoms with Gasteiger partial charge in [0.05, 0.1) is 5.69 Å². The molecule has 2 aromatic rings. The molecule has 2 aliphatic rings. The molecule has 1 saturated carbocycles. The second-order valence-electron chi connectivity index (χ2n) is 7.24. The van der Waals surface area contributed by atoms with Crippen molar-refractivity contribution in [1.29, 1.82) is 0 Å². The van der Waals surface area contributed by atoms with Gasteiger partial charge < -0.3 is 9.80 Å². The minimum atomic E-state index is -0.0981. The summed E-state index contributed by atoms with van der Waals surface area (Å²) in [7, 11) is 0. The third-order valence-corrected chi connectivity index (χ3v) is 5.40. The molecule has 6 nitrogen and oxygen atoms in total. The van der Waals surface area contributed by atoms with E-state index < -0.39 is 0 Å². The van der Waals surface area contributed by atoms with Crippen LogP contribution in [0.2, 0.25) is 0 Å². The number of aromatic nitrogens is 2. The van der Waals surface area contributed by atoms with Crippen LogP contribution in [0.4, 0.5) is 16.3 Å². The predicted molar refractivity (Wildman–Crippen MR) is 103 cm³/mol. The van der Waals surface area contributed by atoms with Crippen molar-refractivity contribution < 1.29 is 4.79 Å². The van der Waals surface area contributed by atoms with Crippen molar-refractivity contribution in [1.82, 2.24) is 15.1 Å². The van der Waals surface area contributed by atoms with Crippen molar-refractivity contribution in [3.05, 3.63) is 47.2 Å². The predicted octanol–water partition coefficient (Wildman–Crippen LogP) is 3.32. The van der Waals surface area contributed by atoms with Crippen LogP contribution in [-0.2, 0) is 0 Å². The van der Waals surface area contributed by atoms with Crippen molar-refractivity contribution in [3.63, 3.8) is 0 Å². The van der Waals surface area contributed by atoms with Crippen molar-refractivity contribution in [2.75, 3.05) is 36.4 Å². The van der Waals surface area contributed by atoms with E-state index in [0.29, 0.717) is 24.8 Å². The first-order valence-corrected chi connectivity index (χ1v) is 9.32. The van der Waals surface area contributed by atoms with Crippen LogP contribution >= 0.6 is 0 Å². The summed E-state index contributed by atoms with van der Waals surface area (Å²) in [6.45, 7) is 7.37. The lowest BCUT2D eigenvalue weighted by atomic mass is 10.1. The molecule has 136 valence electrons. The fourth-order valence-electron chi connectivity index (χ4n) is 3.42. The van der Waals surface area contributed by atoms with E-state index in [-0.39, 0.29) is 6.03 Å². The first-order valence-electron chi connectivity index (χ1n) is 9.32. The summed E-state index contributed by atoms with van der Waals surface area (Å²) in [4.78, 5) is 16.7. The zero-order valence-electron chi connectivity index (χ0n) is 15.4. The van der Waals surface area contributed by atoms with E-state index in [4.69, 9.17) is 0 Å². The number of benzene rings is 1. The summed E-state index contributed by atoms with van der Waals surface area (Å²) >= 11 is 0. The summed E-state index contributed by atoms with van der Waals surface area (Å²) in [5.74, 6) is 1.10. The van der Waals surface area contributed by atoms with Gasteiger partial charge in [-0.2, -0.15) is 5.10 Å². The second kappa shape index (κ2) is 6.94. The molecule has 0 unspecified atom stereocenters. The van der Waals surface area contributed by atoms with Crippen LogP contribution < -0.4 is 10.2 Å². The Labute approximate surface area is 154 Å². The molecule has 6 heteroatoms. The monoisotopic (exact) mass is 351 g/mol. The normalized spacial score (nSPS) is 17.3. The molecule has 1 aliphatic carbocycles. The van der Waals surface area contributed by atoms with Crippen LogP contribution in [0, 0.1) is 13.8 Å². The van der Waals surface area contributed by atoms with E-state index in [2.05, 4.69) is 52.5 Å². The highest BCUT2D eigenvalue weighted by Crippen LogP contribution is 2.38. The Balaban J connectivity index is 1.33. The molecule has 2 heterocycles. The van der Waals surface area contributed by atoms with E-state index in [1.54, 1.807) is 0 Å². The van der Waals surface area contributed by atoms with Gasteiger partial charge in [0.2, 0.25) is 0 Å². The van der Waals surface area contributed by atoms with Crippen molar-refractivity contribution in [3.8, 4) is 0 Å². The summed E-state index contributed by atoms with van der Waals surface area (Å²) in [5, 5.41) is 11.2. The van der Waals surface area contributed by atoms with Crippen molar-refractivity contribution >= 4 is 17.5 Å². The topological polar surface area (TPSA) is 61.4 Å². The third-order valence-electron chi connectivity index (χ3n) is 5.40. The number of nitrogens with one attached hydrogen (secondary N) is 1. The Bertz CT molecular complexity index is 792. The Morgan fingerprint density at radius 2 is 1.81 bits per heavy atom. The molecule has 0 bridgehead atoms. The number of amides is 2. The first-order chi connectivity index (χ1) is 12.6. The van der Waals surface area contributed by atoms with E-state index in [9.17, 15) is 4.79 Å². The fraction of sp³-hybridized carbons (Fsp3) is 0.450. The minimum Gasteiger partial charge on any atom is -0.368 e. The lowest BCUT2D eigenvalue weighted by molar-refractivity contribution is 0.208. The van der Waals surface area contributed by atoms with E-state index >= 15 is 0 Å². The Kier molecular flexibility index (Phi) is 4.49. The van der Waals surface area contributed by atoms with Gasteiger partial charge in [-0.3, -0.25) is 5.32 Å². The minimum absolute atomic E-state index is 0.0981. The quantitative estimate of drug-likeness (QED) is 0.921. The first kappa shape index (κ1) is 16.8. The standard InChI is InChI=1S/C20H25N5O/c1-14-4-3-5-18(15(14)2)24-10-12-25(13-11-24)20(26)21-19-9-8-17(22-23-19)16-6-7-16/h3-5,8-9,16H,6-7,10-13H2,1-2H3,(H,21,23,26). The maximum Gasteiger partial charge on any atom is 0.323 e. The molecule has 0 radical (unpaired) electrons. The largest absolute Gasteiger partial charge is 0.368 e. The van der Waals surface area contributed by atoms with Gasteiger partial charge in [0.1, 0.15) is 0 Å². The van der Waals surface area contributed by atoms with Gasteiger partial charge in [0.25, 0.3) is 0 Å². The van der Waals surface area contributed by atoms with Crippen LogP contribution in [0.25, 0.3) is 0 Å². The summed E-state index contributed by atoms with van der Waals surface area (Å²) < 4.78 is 0.